The van der Waals surface area contributed by atoms with Crippen molar-refractivity contribution < 1.29 is 19.8 Å². The van der Waals surface area contributed by atoms with E-state index in [0.29, 0.717) is 0 Å². The molecule has 6 nitrogen and oxygen atoms in total. The van der Waals surface area contributed by atoms with Gasteiger partial charge in [-0.25, -0.2) is 19.6 Å². The summed E-state index contributed by atoms with van der Waals surface area (Å²) in [7, 11) is 0. The number of carbonyl (C=O) groups is 2. The van der Waals surface area contributed by atoms with E-state index in [1.54, 1.807) is 35.6 Å². The fourth-order valence-electron chi connectivity index (χ4n) is 16.3. The van der Waals surface area contributed by atoms with Crippen molar-refractivity contribution in [3.05, 3.63) is 323 Å². The van der Waals surface area contributed by atoms with Crippen molar-refractivity contribution in [1.82, 2.24) is 9.97 Å². The molecule has 2 N–H and O–H groups in total. The fraction of sp³-hybridized carbons (Fsp3) is 0.0244. The Balaban J connectivity index is 0.933. The highest BCUT2D eigenvalue weighted by Crippen LogP contribution is 2.67. The van der Waals surface area contributed by atoms with E-state index in [2.05, 4.69) is 218 Å². The van der Waals surface area contributed by atoms with E-state index in [9.17, 15) is 19.8 Å². The lowest BCUT2D eigenvalue weighted by Crippen LogP contribution is -2.25. The van der Waals surface area contributed by atoms with Gasteiger partial charge in [0.05, 0.1) is 42.7 Å². The third-order valence-corrected chi connectivity index (χ3v) is 21.1. The molecule has 2 heterocycles. The van der Waals surface area contributed by atoms with Crippen LogP contribution in [0.25, 0.3) is 131 Å². The molecule has 89 heavy (non-hydrogen) atoms. The normalized spacial score (nSPS) is 13.8. The van der Waals surface area contributed by atoms with Crippen LogP contribution < -0.4 is 0 Å². The van der Waals surface area contributed by atoms with E-state index in [-0.39, 0.29) is 11.1 Å². The zero-order valence-electron chi connectivity index (χ0n) is 47.4. The lowest BCUT2D eigenvalue weighted by atomic mass is 9.70. The molecule has 0 radical (unpaired) electrons. The summed E-state index contributed by atoms with van der Waals surface area (Å²) in [6.07, 6.45) is 0. The molecule has 0 unspecified atom stereocenters. The van der Waals surface area contributed by atoms with Gasteiger partial charge in [-0.05, 0) is 158 Å². The zero-order valence-corrected chi connectivity index (χ0v) is 48.2. The van der Waals surface area contributed by atoms with Crippen LogP contribution in [0.4, 0.5) is 0 Å². The van der Waals surface area contributed by atoms with Crippen LogP contribution in [0, 0.1) is 0 Å². The Labute approximate surface area is 514 Å². The second kappa shape index (κ2) is 18.1. The highest BCUT2D eigenvalue weighted by atomic mass is 32.1. The Morgan fingerprint density at radius 2 is 0.573 bits per heavy atom. The van der Waals surface area contributed by atoms with Gasteiger partial charge in [-0.15, -0.1) is 11.3 Å². The first-order chi connectivity index (χ1) is 43.8. The Kier molecular flexibility index (Phi) is 10.1. The molecular formula is C82H46N2O4S. The van der Waals surface area contributed by atoms with E-state index in [0.717, 1.165) is 86.7 Å². The maximum Gasteiger partial charge on any atom is 0.335 e. The summed E-state index contributed by atoms with van der Waals surface area (Å²) in [4.78, 5) is 38.3. The summed E-state index contributed by atoms with van der Waals surface area (Å²) in [6, 6.07) is 94.6. The van der Waals surface area contributed by atoms with E-state index >= 15 is 0 Å². The number of fused-ring (bicyclic) bond motifs is 27. The number of carboxylic acid groups (broad SMARTS) is 2. The van der Waals surface area contributed by atoms with Crippen molar-refractivity contribution in [2.24, 2.45) is 0 Å². The fourth-order valence-corrected chi connectivity index (χ4v) is 17.5. The van der Waals surface area contributed by atoms with Crippen molar-refractivity contribution in [3.8, 4) is 87.6 Å². The number of aromatic nitrogens is 2. The molecule has 0 bridgehead atoms. The number of benzene rings is 13. The first-order valence-electron chi connectivity index (χ1n) is 30.0. The SMILES string of the molecule is O=C(O)c1ccc(-c2ccc3c(c2)c2cc(-c4ccc(C(=O)O)cc4)ccc2c2nc4c(-c5cccc6c5-c5ccccc5C65c6ccccc6-c6ccccc65)sc(-c5cccc6c5-c5ccccc5C65c6ccccc6-c6ccccc65)c4nc32)cc1. The Morgan fingerprint density at radius 1 is 0.281 bits per heavy atom. The van der Waals surface area contributed by atoms with Gasteiger partial charge in [-0.1, -0.05) is 231 Å². The van der Waals surface area contributed by atoms with Crippen LogP contribution in [0.15, 0.2) is 267 Å². The lowest BCUT2D eigenvalue weighted by molar-refractivity contribution is 0.0686. The maximum absolute atomic E-state index is 12.0. The Hall–Kier alpha value is -11.4. The minimum absolute atomic E-state index is 0.216. The topological polar surface area (TPSA) is 100 Å². The number of aromatic carboxylic acids is 2. The van der Waals surface area contributed by atoms with Crippen LogP contribution in [0.2, 0.25) is 0 Å². The average molecular weight is 1160 g/mol. The summed E-state index contributed by atoms with van der Waals surface area (Å²) in [5, 5.41) is 23.5. The standard InChI is InChI=1S/C82H46N2O4S/c85-79(86)47-35-31-45(32-36-47)49-39-41-55-61(43-49)62-44-50(46-33-37-48(38-34-46)80(87)88)40-42-56(62)74-73(55)83-75-76(84-74)78(60-22-14-30-70-72(60)58-20-6-12-28-68(58)82(70)65-25-9-3-17-53(65)54-18-4-10-26-66(54)82)89-77(75)59-21-13-29-69-71(59)57-19-5-11-27-67(57)81(69)63-23-7-1-15-51(63)52-16-2-8-24-64(52)81/h1-44H,(H,85,86)(H,87,88). The predicted molar refractivity (Wildman–Crippen MR) is 358 cm³/mol. The predicted octanol–water partition coefficient (Wildman–Crippen LogP) is 19.9. The molecule has 19 rings (SSSR count). The van der Waals surface area contributed by atoms with Crippen molar-refractivity contribution in [2.45, 2.75) is 10.8 Å². The van der Waals surface area contributed by atoms with Gasteiger partial charge in [-0.2, -0.15) is 0 Å². The molecule has 0 fully saturated rings. The number of hydrogen-bond donors (Lipinski definition) is 2. The zero-order chi connectivity index (χ0) is 59.0. The lowest BCUT2D eigenvalue weighted by Gasteiger charge is -2.30. The molecular weight excluding hydrogens is 1110 g/mol. The summed E-state index contributed by atoms with van der Waals surface area (Å²) >= 11 is 1.78. The molecule has 2 aromatic heterocycles. The summed E-state index contributed by atoms with van der Waals surface area (Å²) < 4.78 is 0. The van der Waals surface area contributed by atoms with Crippen LogP contribution in [-0.4, -0.2) is 32.1 Å². The van der Waals surface area contributed by atoms with E-state index in [1.807, 2.05) is 24.3 Å². The van der Waals surface area contributed by atoms with Crippen molar-refractivity contribution in [2.75, 3.05) is 0 Å². The average Bonchev–Trinajstić information content (AvgIpc) is 1.53. The molecule has 7 heteroatoms. The summed E-state index contributed by atoms with van der Waals surface area (Å²) in [5.41, 5.74) is 28.2. The van der Waals surface area contributed by atoms with Crippen molar-refractivity contribution in [3.63, 3.8) is 0 Å². The first-order valence-corrected chi connectivity index (χ1v) is 30.8. The van der Waals surface area contributed by atoms with Crippen LogP contribution >= 0.6 is 11.3 Å². The highest BCUT2D eigenvalue weighted by Gasteiger charge is 2.54. The Bertz CT molecular complexity index is 5260. The first kappa shape index (κ1) is 49.8. The molecule has 0 aliphatic heterocycles. The van der Waals surface area contributed by atoms with Crippen molar-refractivity contribution >= 4 is 66.9 Å². The smallest absolute Gasteiger partial charge is 0.335 e. The van der Waals surface area contributed by atoms with Gasteiger partial charge < -0.3 is 10.2 Å². The van der Waals surface area contributed by atoms with E-state index in [4.69, 9.17) is 9.97 Å². The summed E-state index contributed by atoms with van der Waals surface area (Å²) in [5.74, 6) is -1.96. The number of thiophene rings is 1. The molecule has 0 saturated carbocycles. The third kappa shape index (κ3) is 6.48. The number of rotatable bonds is 6. The molecule has 2 spiro atoms. The van der Waals surface area contributed by atoms with Gasteiger partial charge >= 0.3 is 11.9 Å². The molecule has 15 aromatic rings. The second-order valence-corrected chi connectivity index (χ2v) is 24.9. The minimum atomic E-state index is -0.980. The maximum atomic E-state index is 12.0. The molecule has 414 valence electrons. The highest BCUT2D eigenvalue weighted by molar-refractivity contribution is 7.21. The number of nitrogens with zero attached hydrogens (tertiary/aromatic N) is 2. The van der Waals surface area contributed by atoms with Crippen LogP contribution in [-0.2, 0) is 10.8 Å². The number of hydrogen-bond acceptors (Lipinski definition) is 5. The van der Waals surface area contributed by atoms with Gasteiger partial charge in [0.2, 0.25) is 0 Å². The molecule has 13 aromatic carbocycles. The van der Waals surface area contributed by atoms with Gasteiger partial charge in [0, 0.05) is 21.9 Å². The molecule has 4 aliphatic rings. The van der Waals surface area contributed by atoms with Crippen LogP contribution in [0.3, 0.4) is 0 Å². The Morgan fingerprint density at radius 3 is 0.921 bits per heavy atom. The van der Waals surface area contributed by atoms with Gasteiger partial charge in [0.15, 0.2) is 0 Å². The van der Waals surface area contributed by atoms with Crippen LogP contribution in [0.5, 0.6) is 0 Å². The van der Waals surface area contributed by atoms with E-state index in [1.165, 1.54) is 89.0 Å². The van der Waals surface area contributed by atoms with Gasteiger partial charge in [0.25, 0.3) is 0 Å². The van der Waals surface area contributed by atoms with Crippen molar-refractivity contribution in [1.29, 1.82) is 0 Å². The third-order valence-electron chi connectivity index (χ3n) is 19.8. The quantitative estimate of drug-likeness (QED) is 0.161. The largest absolute Gasteiger partial charge is 0.478 e. The van der Waals surface area contributed by atoms with Gasteiger partial charge in [-0.3, -0.25) is 0 Å². The second-order valence-electron chi connectivity index (χ2n) is 23.9. The molecule has 0 amide bonds. The molecule has 4 aliphatic carbocycles. The molecule has 0 saturated heterocycles. The monoisotopic (exact) mass is 1150 g/mol. The minimum Gasteiger partial charge on any atom is -0.478 e. The van der Waals surface area contributed by atoms with Crippen LogP contribution in [0.1, 0.15) is 65.2 Å². The summed E-state index contributed by atoms with van der Waals surface area (Å²) in [6.45, 7) is 0. The van der Waals surface area contributed by atoms with E-state index < -0.39 is 22.8 Å². The molecule has 0 atom stereocenters. The van der Waals surface area contributed by atoms with Gasteiger partial charge in [0.1, 0.15) is 11.0 Å². The number of carboxylic acids is 2.